The summed E-state index contributed by atoms with van der Waals surface area (Å²) in [7, 11) is 0. The van der Waals surface area contributed by atoms with Crippen LogP contribution in [0.15, 0.2) is 49.6 Å². The summed E-state index contributed by atoms with van der Waals surface area (Å²) in [5.41, 5.74) is 1.71. The van der Waals surface area contributed by atoms with Crippen molar-refractivity contribution >= 4 is 0 Å². The molecule has 0 N–H and O–H groups in total. The second-order valence-electron chi connectivity index (χ2n) is 1.71. The number of hydrogen-bond acceptors (Lipinski definition) is 0. The third-order valence-electron chi connectivity index (χ3n) is 1.02. The average Bonchev–Trinajstić information content (AvgIpc) is 2.36. The molecule has 0 aromatic rings. The van der Waals surface area contributed by atoms with Gasteiger partial charge in [0.1, 0.15) is 0 Å². The molecule has 0 saturated heterocycles. The first-order chi connectivity index (χ1) is 7.22. The lowest BCUT2D eigenvalue weighted by atomic mass is 10.1. The van der Waals surface area contributed by atoms with Crippen LogP contribution in [-0.2, 0) is 0 Å². The van der Waals surface area contributed by atoms with Gasteiger partial charge in [-0.25, -0.2) is 0 Å². The quantitative estimate of drug-likeness (QED) is 0.332. The van der Waals surface area contributed by atoms with Gasteiger partial charge < -0.3 is 0 Å². The third-order valence-corrected chi connectivity index (χ3v) is 1.02. The fourth-order valence-electron chi connectivity index (χ4n) is 0.391. The van der Waals surface area contributed by atoms with Crippen LogP contribution < -0.4 is 0 Å². The predicted molar refractivity (Wildman–Crippen MR) is 75.9 cm³/mol. The van der Waals surface area contributed by atoms with Gasteiger partial charge in [-0.05, 0) is 12.5 Å². The van der Waals surface area contributed by atoms with E-state index in [9.17, 15) is 0 Å². The standard InChI is InChI=1S/C9H10.2C2H6.C2H4/c1-5-7-9(4)8(3)6-2;3*1-2/h2,5,7H,1,3H2,4H3;2*1-2H3;1-2H2/b9-7-;;;. The Morgan fingerprint density at radius 3 is 1.67 bits per heavy atom. The summed E-state index contributed by atoms with van der Waals surface area (Å²) in [6.07, 6.45) is 8.61. The van der Waals surface area contributed by atoms with Gasteiger partial charge in [-0.2, -0.15) is 0 Å². The Labute approximate surface area is 97.1 Å². The lowest BCUT2D eigenvalue weighted by molar-refractivity contribution is 1.47. The maximum absolute atomic E-state index is 5.08. The zero-order valence-electron chi connectivity index (χ0n) is 11.1. The molecule has 0 heterocycles. The zero-order valence-corrected chi connectivity index (χ0v) is 11.1. The molecule has 0 aliphatic heterocycles. The lowest BCUT2D eigenvalue weighted by Gasteiger charge is -1.92. The summed E-state index contributed by atoms with van der Waals surface area (Å²) in [6.45, 7) is 23.1. The van der Waals surface area contributed by atoms with Gasteiger partial charge in [-0.15, -0.1) is 19.6 Å². The normalized spacial score (nSPS) is 7.07. The van der Waals surface area contributed by atoms with Crippen LogP contribution in [0.2, 0.25) is 0 Å². The van der Waals surface area contributed by atoms with E-state index in [2.05, 4.69) is 32.2 Å². The van der Waals surface area contributed by atoms with Crippen LogP contribution in [0, 0.1) is 12.3 Å². The summed E-state index contributed by atoms with van der Waals surface area (Å²) < 4.78 is 0. The molecule has 0 atom stereocenters. The van der Waals surface area contributed by atoms with Gasteiger partial charge in [0.15, 0.2) is 0 Å². The molecule has 15 heavy (non-hydrogen) atoms. The maximum Gasteiger partial charge on any atom is 0.0199 e. The van der Waals surface area contributed by atoms with Gasteiger partial charge in [-0.3, -0.25) is 0 Å². The van der Waals surface area contributed by atoms with Crippen molar-refractivity contribution < 1.29 is 0 Å². The van der Waals surface area contributed by atoms with E-state index in [1.165, 1.54) is 0 Å². The van der Waals surface area contributed by atoms with Crippen molar-refractivity contribution in [2.24, 2.45) is 0 Å². The highest BCUT2D eigenvalue weighted by Gasteiger charge is 1.86. The molecule has 0 bridgehead atoms. The Hall–Kier alpha value is -1.48. The highest BCUT2D eigenvalue weighted by atomic mass is 13.9. The largest absolute Gasteiger partial charge is 0.115 e. The number of rotatable bonds is 2. The van der Waals surface area contributed by atoms with Crippen LogP contribution >= 0.6 is 0 Å². The fraction of sp³-hybridized carbons (Fsp3) is 0.333. The minimum atomic E-state index is 0.718. The molecule has 0 aromatic carbocycles. The van der Waals surface area contributed by atoms with Crippen LogP contribution in [-0.4, -0.2) is 0 Å². The molecule has 0 heteroatoms. The third kappa shape index (κ3) is 24.5. The van der Waals surface area contributed by atoms with Crippen molar-refractivity contribution in [3.63, 3.8) is 0 Å². The second-order valence-corrected chi connectivity index (χ2v) is 1.71. The van der Waals surface area contributed by atoms with Crippen LogP contribution in [0.25, 0.3) is 0 Å². The van der Waals surface area contributed by atoms with E-state index in [1.807, 2.05) is 40.7 Å². The minimum absolute atomic E-state index is 0.718. The molecule has 0 aliphatic carbocycles. The Morgan fingerprint density at radius 1 is 1.13 bits per heavy atom. The maximum atomic E-state index is 5.08. The lowest BCUT2D eigenvalue weighted by Crippen LogP contribution is -1.75. The van der Waals surface area contributed by atoms with Gasteiger partial charge in [0.25, 0.3) is 0 Å². The SMILES string of the molecule is C#CC(=C)/C(C)=C\C=C.C=C.CC.CC. The van der Waals surface area contributed by atoms with Crippen LogP contribution in [0.4, 0.5) is 0 Å². The average molecular weight is 206 g/mol. The first kappa shape index (κ1) is 23.4. The summed E-state index contributed by atoms with van der Waals surface area (Å²) in [6, 6.07) is 0. The number of hydrogen-bond donors (Lipinski definition) is 0. The monoisotopic (exact) mass is 206 g/mol. The molecule has 0 radical (unpaired) electrons. The van der Waals surface area contributed by atoms with E-state index in [1.54, 1.807) is 6.08 Å². The van der Waals surface area contributed by atoms with E-state index in [0.29, 0.717) is 0 Å². The van der Waals surface area contributed by atoms with Crippen molar-refractivity contribution in [1.82, 2.24) is 0 Å². The molecule has 0 aromatic heterocycles. The summed E-state index contributed by atoms with van der Waals surface area (Å²) in [5, 5.41) is 0. The molecule has 0 amide bonds. The Balaban J connectivity index is -0.0000000860. The van der Waals surface area contributed by atoms with Gasteiger partial charge in [0.05, 0.1) is 0 Å². The van der Waals surface area contributed by atoms with Crippen molar-refractivity contribution in [2.45, 2.75) is 34.6 Å². The molecule has 0 rings (SSSR count). The minimum Gasteiger partial charge on any atom is -0.115 e. The number of allylic oxidation sites excluding steroid dienone is 4. The summed E-state index contributed by atoms with van der Waals surface area (Å²) in [4.78, 5) is 0. The van der Waals surface area contributed by atoms with Gasteiger partial charge >= 0.3 is 0 Å². The van der Waals surface area contributed by atoms with E-state index in [4.69, 9.17) is 6.42 Å². The first-order valence-corrected chi connectivity index (χ1v) is 5.17. The molecular formula is C15H26. The Morgan fingerprint density at radius 2 is 1.47 bits per heavy atom. The number of terminal acetylenes is 1. The van der Waals surface area contributed by atoms with Crippen molar-refractivity contribution in [3.05, 3.63) is 49.6 Å². The summed E-state index contributed by atoms with van der Waals surface area (Å²) >= 11 is 0. The van der Waals surface area contributed by atoms with E-state index >= 15 is 0 Å². The van der Waals surface area contributed by atoms with Crippen molar-refractivity contribution in [3.8, 4) is 12.3 Å². The highest BCUT2D eigenvalue weighted by Crippen LogP contribution is 2.03. The molecule has 0 aliphatic rings. The molecular weight excluding hydrogens is 180 g/mol. The molecule has 86 valence electrons. The van der Waals surface area contributed by atoms with Crippen LogP contribution in [0.3, 0.4) is 0 Å². The van der Waals surface area contributed by atoms with E-state index < -0.39 is 0 Å². The molecule has 0 spiro atoms. The van der Waals surface area contributed by atoms with Gasteiger partial charge in [-0.1, -0.05) is 58.9 Å². The van der Waals surface area contributed by atoms with Crippen molar-refractivity contribution in [2.75, 3.05) is 0 Å². The van der Waals surface area contributed by atoms with Crippen LogP contribution in [0.1, 0.15) is 34.6 Å². The second kappa shape index (κ2) is 29.4. The Kier molecular flexibility index (Phi) is 45.8. The molecule has 0 saturated carbocycles. The summed E-state index contributed by atoms with van der Waals surface area (Å²) in [5.74, 6) is 2.44. The smallest absolute Gasteiger partial charge is 0.0199 e. The molecule has 0 nitrogen and oxygen atoms in total. The highest BCUT2D eigenvalue weighted by molar-refractivity contribution is 5.41. The Bertz CT molecular complexity index is 199. The van der Waals surface area contributed by atoms with Crippen molar-refractivity contribution in [1.29, 1.82) is 0 Å². The molecule has 0 fully saturated rings. The van der Waals surface area contributed by atoms with E-state index in [0.717, 1.165) is 11.1 Å². The zero-order chi connectivity index (χ0) is 13.3. The van der Waals surface area contributed by atoms with Gasteiger partial charge in [0.2, 0.25) is 0 Å². The van der Waals surface area contributed by atoms with E-state index in [-0.39, 0.29) is 0 Å². The van der Waals surface area contributed by atoms with Crippen LogP contribution in [0.5, 0.6) is 0 Å². The fourth-order valence-corrected chi connectivity index (χ4v) is 0.391. The topological polar surface area (TPSA) is 0 Å². The molecule has 0 unspecified atom stereocenters. The van der Waals surface area contributed by atoms with Gasteiger partial charge in [0, 0.05) is 5.57 Å². The first-order valence-electron chi connectivity index (χ1n) is 5.17. The predicted octanol–water partition coefficient (Wildman–Crippen LogP) is 5.16.